The van der Waals surface area contributed by atoms with Gasteiger partial charge in [-0.15, -0.1) is 0 Å². The molecule has 7 heteroatoms. The van der Waals surface area contributed by atoms with Crippen molar-refractivity contribution in [1.29, 1.82) is 0 Å². The van der Waals surface area contributed by atoms with E-state index in [4.69, 9.17) is 0 Å². The standard InChI is InChI=1S/C18H17N5O2/c24-17-3-1-2-8-23(17)13-6-4-12(5-7-13)22-18(25)15-9-14-16(10-19-15)21-11-20-14/h4-7,10-11H,1-3,8-9H2,(H,22,25). The molecule has 3 heterocycles. The van der Waals surface area contributed by atoms with Gasteiger partial charge in [-0.05, 0) is 37.1 Å². The van der Waals surface area contributed by atoms with Crippen molar-refractivity contribution in [3.05, 3.63) is 36.2 Å². The van der Waals surface area contributed by atoms with E-state index in [2.05, 4.69) is 20.3 Å². The molecule has 25 heavy (non-hydrogen) atoms. The zero-order chi connectivity index (χ0) is 17.2. The van der Waals surface area contributed by atoms with Crippen molar-refractivity contribution in [1.82, 2.24) is 0 Å². The quantitative estimate of drug-likeness (QED) is 0.919. The Hall–Kier alpha value is -3.09. The van der Waals surface area contributed by atoms with Gasteiger partial charge in [0.05, 0.1) is 11.9 Å². The van der Waals surface area contributed by atoms with E-state index >= 15 is 0 Å². The van der Waals surface area contributed by atoms with Crippen LogP contribution in [0.25, 0.3) is 0 Å². The number of hydrogen-bond acceptors (Lipinski definition) is 5. The van der Waals surface area contributed by atoms with Crippen LogP contribution >= 0.6 is 0 Å². The summed E-state index contributed by atoms with van der Waals surface area (Å²) >= 11 is 0. The van der Waals surface area contributed by atoms with Gasteiger partial charge in [-0.25, -0.2) is 9.98 Å². The fraction of sp³-hybridized carbons (Fsp3) is 0.278. The van der Waals surface area contributed by atoms with Crippen LogP contribution in [0.2, 0.25) is 0 Å². The Kier molecular flexibility index (Phi) is 3.97. The Bertz CT molecular complexity index is 849. The third-order valence-electron chi connectivity index (χ3n) is 4.41. The Balaban J connectivity index is 1.43. The predicted molar refractivity (Wildman–Crippen MR) is 97.3 cm³/mol. The zero-order valence-corrected chi connectivity index (χ0v) is 13.6. The first-order chi connectivity index (χ1) is 12.2. The van der Waals surface area contributed by atoms with Crippen molar-refractivity contribution in [3.63, 3.8) is 0 Å². The molecule has 0 aromatic heterocycles. The lowest BCUT2D eigenvalue weighted by Gasteiger charge is -2.26. The van der Waals surface area contributed by atoms with Crippen LogP contribution in [0.4, 0.5) is 11.4 Å². The summed E-state index contributed by atoms with van der Waals surface area (Å²) in [4.78, 5) is 38.5. The normalized spacial score (nSPS) is 19.1. The van der Waals surface area contributed by atoms with Crippen LogP contribution in [0.1, 0.15) is 25.7 Å². The molecule has 0 radical (unpaired) electrons. The minimum absolute atomic E-state index is 0.154. The van der Waals surface area contributed by atoms with Gasteiger partial charge < -0.3 is 10.2 Å². The largest absolute Gasteiger partial charge is 0.321 e. The molecule has 0 spiro atoms. The van der Waals surface area contributed by atoms with Gasteiger partial charge in [-0.3, -0.25) is 14.6 Å². The lowest BCUT2D eigenvalue weighted by Crippen LogP contribution is -2.35. The van der Waals surface area contributed by atoms with E-state index < -0.39 is 0 Å². The summed E-state index contributed by atoms with van der Waals surface area (Å²) in [6.45, 7) is 0.750. The first-order valence-corrected chi connectivity index (χ1v) is 8.29. The molecule has 3 aliphatic heterocycles. The number of carbonyl (C=O) groups is 2. The number of fused-ring (bicyclic) bond motifs is 1. The number of nitrogens with one attached hydrogen (secondary N) is 1. The number of rotatable bonds is 3. The molecule has 1 aromatic carbocycles. The second-order valence-corrected chi connectivity index (χ2v) is 6.09. The fourth-order valence-corrected chi connectivity index (χ4v) is 3.03. The van der Waals surface area contributed by atoms with Crippen molar-refractivity contribution < 1.29 is 9.59 Å². The van der Waals surface area contributed by atoms with E-state index in [9.17, 15) is 9.59 Å². The Morgan fingerprint density at radius 3 is 2.76 bits per heavy atom. The summed E-state index contributed by atoms with van der Waals surface area (Å²) in [7, 11) is 0. The van der Waals surface area contributed by atoms with Crippen LogP contribution in [0.15, 0.2) is 51.1 Å². The Morgan fingerprint density at radius 2 is 1.96 bits per heavy atom. The maximum Gasteiger partial charge on any atom is 0.270 e. The summed E-state index contributed by atoms with van der Waals surface area (Å²) in [6, 6.07) is 7.31. The minimum Gasteiger partial charge on any atom is -0.321 e. The predicted octanol–water partition coefficient (Wildman–Crippen LogP) is 2.31. The topological polar surface area (TPSA) is 86.5 Å². The maximum absolute atomic E-state index is 12.4. The highest BCUT2D eigenvalue weighted by Crippen LogP contribution is 2.23. The number of amides is 2. The molecular weight excluding hydrogens is 318 g/mol. The average molecular weight is 335 g/mol. The van der Waals surface area contributed by atoms with Gasteiger partial charge in [0.2, 0.25) is 5.91 Å². The van der Waals surface area contributed by atoms with Gasteiger partial charge in [0, 0.05) is 30.8 Å². The number of nitrogens with zero attached hydrogens (tertiary/aromatic N) is 4. The summed E-state index contributed by atoms with van der Waals surface area (Å²) in [5.41, 5.74) is 3.41. The second-order valence-electron chi connectivity index (χ2n) is 6.09. The zero-order valence-electron chi connectivity index (χ0n) is 13.6. The molecule has 1 fully saturated rings. The highest BCUT2D eigenvalue weighted by Gasteiger charge is 2.23. The number of aliphatic imine (C=N–C) groups is 3. The first kappa shape index (κ1) is 15.4. The molecule has 4 rings (SSSR count). The van der Waals surface area contributed by atoms with Crippen LogP contribution in [0.5, 0.6) is 0 Å². The summed E-state index contributed by atoms with van der Waals surface area (Å²) < 4.78 is 0. The van der Waals surface area contributed by atoms with E-state index in [1.54, 1.807) is 23.2 Å². The molecule has 0 atom stereocenters. The van der Waals surface area contributed by atoms with Crippen LogP contribution in [-0.4, -0.2) is 36.1 Å². The summed E-state index contributed by atoms with van der Waals surface area (Å²) in [6.07, 6.45) is 5.98. The van der Waals surface area contributed by atoms with E-state index in [1.807, 2.05) is 12.1 Å². The van der Waals surface area contributed by atoms with Crippen molar-refractivity contribution in [2.75, 3.05) is 16.8 Å². The first-order valence-electron chi connectivity index (χ1n) is 8.29. The van der Waals surface area contributed by atoms with E-state index in [0.29, 0.717) is 29.9 Å². The van der Waals surface area contributed by atoms with E-state index in [-0.39, 0.29) is 11.8 Å². The Morgan fingerprint density at radius 1 is 1.12 bits per heavy atom. The van der Waals surface area contributed by atoms with Crippen LogP contribution in [0, 0.1) is 0 Å². The summed E-state index contributed by atoms with van der Waals surface area (Å²) in [5, 5.41) is 2.83. The number of benzene rings is 1. The molecule has 0 aliphatic carbocycles. The molecule has 3 aliphatic rings. The van der Waals surface area contributed by atoms with E-state index in [1.165, 1.54) is 6.34 Å². The average Bonchev–Trinajstić information content (AvgIpc) is 3.10. The van der Waals surface area contributed by atoms with Gasteiger partial charge in [0.25, 0.3) is 5.91 Å². The molecule has 1 saturated heterocycles. The molecule has 1 N–H and O–H groups in total. The molecule has 126 valence electrons. The number of hydrogen-bond donors (Lipinski definition) is 1. The smallest absolute Gasteiger partial charge is 0.270 e. The molecule has 0 bridgehead atoms. The van der Waals surface area contributed by atoms with Crippen molar-refractivity contribution in [3.8, 4) is 0 Å². The third-order valence-corrected chi connectivity index (χ3v) is 4.41. The lowest BCUT2D eigenvalue weighted by atomic mass is 10.1. The maximum atomic E-state index is 12.4. The van der Waals surface area contributed by atoms with Gasteiger partial charge in [-0.2, -0.15) is 0 Å². The minimum atomic E-state index is -0.258. The van der Waals surface area contributed by atoms with Gasteiger partial charge >= 0.3 is 0 Å². The van der Waals surface area contributed by atoms with Gasteiger partial charge in [0.15, 0.2) is 0 Å². The monoisotopic (exact) mass is 335 g/mol. The third kappa shape index (κ3) is 3.13. The Labute approximate surface area is 144 Å². The van der Waals surface area contributed by atoms with Gasteiger partial charge in [-0.1, -0.05) is 0 Å². The number of anilines is 2. The van der Waals surface area contributed by atoms with Crippen molar-refractivity contribution in [2.24, 2.45) is 15.0 Å². The SMILES string of the molecule is O=C(Nc1ccc(N2CCCCC2=O)cc1)C1=NC=C2N=CN=C2C1. The van der Waals surface area contributed by atoms with Crippen LogP contribution < -0.4 is 10.2 Å². The van der Waals surface area contributed by atoms with Crippen molar-refractivity contribution >= 4 is 41.0 Å². The number of carbonyl (C=O) groups excluding carboxylic acids is 2. The fourth-order valence-electron chi connectivity index (χ4n) is 3.03. The molecule has 7 nitrogen and oxygen atoms in total. The lowest BCUT2D eigenvalue weighted by molar-refractivity contribution is -0.119. The van der Waals surface area contributed by atoms with E-state index in [0.717, 1.165) is 30.8 Å². The highest BCUT2D eigenvalue weighted by atomic mass is 16.2. The number of piperidine rings is 1. The summed E-state index contributed by atoms with van der Waals surface area (Å²) in [5.74, 6) is -0.103. The second kappa shape index (κ2) is 6.43. The number of allylic oxidation sites excluding steroid dienone is 1. The molecule has 1 aromatic rings. The van der Waals surface area contributed by atoms with Crippen molar-refractivity contribution in [2.45, 2.75) is 25.7 Å². The van der Waals surface area contributed by atoms with Gasteiger partial charge in [0.1, 0.15) is 17.7 Å². The molecule has 0 unspecified atom stereocenters. The molecule has 0 saturated carbocycles. The molecular formula is C18H17N5O2. The van der Waals surface area contributed by atoms with Crippen LogP contribution in [-0.2, 0) is 9.59 Å². The van der Waals surface area contributed by atoms with Crippen LogP contribution in [0.3, 0.4) is 0 Å². The molecule has 2 amide bonds. The highest BCUT2D eigenvalue weighted by molar-refractivity contribution is 6.47.